The first-order valence-corrected chi connectivity index (χ1v) is 20.5. The highest BCUT2D eigenvalue weighted by Gasteiger charge is 2.32. The summed E-state index contributed by atoms with van der Waals surface area (Å²) >= 11 is 1.29. The Kier molecular flexibility index (Phi) is 31.8. The number of thioether (sulfide) groups is 1. The first kappa shape index (κ1) is 55.2. The van der Waals surface area contributed by atoms with E-state index in [0.29, 0.717) is 23.4 Å². The molecule has 6 atom stereocenters. The van der Waals surface area contributed by atoms with Crippen molar-refractivity contribution in [2.24, 2.45) is 34.1 Å². The molecule has 316 valence electrons. The SMILES string of the molecule is C/C=C/SC(COC(=O)NC(CNC(C)=O)C(=O)N[C@@H](CC(C)CC)C(O)CC(C)C(=O)N[C@H](C(=O)NCC(C)C)C(C)C)=NC.CC.CCC(C)(C)C. The monoisotopic (exact) mass is 787 g/mol. The van der Waals surface area contributed by atoms with Crippen molar-refractivity contribution in [3.8, 4) is 0 Å². The maximum absolute atomic E-state index is 13.4. The topological polar surface area (TPSA) is 187 Å². The molecule has 6 N–H and O–H groups in total. The highest BCUT2D eigenvalue weighted by molar-refractivity contribution is 8.16. The molecule has 0 spiro atoms. The molecule has 0 aliphatic heterocycles. The number of alkyl carbamates (subject to hydrolysis) is 1. The number of nitrogens with zero attached hydrogens (tertiary/aromatic N) is 1. The minimum Gasteiger partial charge on any atom is -0.442 e. The second kappa shape index (κ2) is 31.1. The smallest absolute Gasteiger partial charge is 0.408 e. The molecule has 13 nitrogen and oxygen atoms in total. The molecular formula is C40H78N6O7S. The van der Waals surface area contributed by atoms with Gasteiger partial charge in [0.05, 0.1) is 12.1 Å². The van der Waals surface area contributed by atoms with Crippen LogP contribution in [0.1, 0.15) is 130 Å². The van der Waals surface area contributed by atoms with Crippen LogP contribution in [0, 0.1) is 29.1 Å². The zero-order chi connectivity index (χ0) is 42.6. The number of carbonyl (C=O) groups excluding carboxylic acids is 5. The molecule has 5 amide bonds. The largest absolute Gasteiger partial charge is 0.442 e. The van der Waals surface area contributed by atoms with Crippen LogP contribution in [0.25, 0.3) is 0 Å². The van der Waals surface area contributed by atoms with E-state index in [1.165, 1.54) is 25.1 Å². The second-order valence-corrected chi connectivity index (χ2v) is 16.2. The molecule has 4 unspecified atom stereocenters. The van der Waals surface area contributed by atoms with Crippen LogP contribution in [0.15, 0.2) is 16.5 Å². The molecule has 0 saturated heterocycles. The van der Waals surface area contributed by atoms with Crippen molar-refractivity contribution in [3.63, 3.8) is 0 Å². The first-order chi connectivity index (χ1) is 25.1. The van der Waals surface area contributed by atoms with Crippen molar-refractivity contribution >= 4 is 46.5 Å². The van der Waals surface area contributed by atoms with E-state index in [0.717, 1.165) is 6.42 Å². The second-order valence-electron chi connectivity index (χ2n) is 15.3. The van der Waals surface area contributed by atoms with Gasteiger partial charge < -0.3 is 36.4 Å². The quantitative estimate of drug-likeness (QED) is 0.0622. The summed E-state index contributed by atoms with van der Waals surface area (Å²) in [7, 11) is 1.57. The molecule has 0 saturated carbocycles. The summed E-state index contributed by atoms with van der Waals surface area (Å²) in [6.45, 7) is 29.5. The van der Waals surface area contributed by atoms with Crippen LogP contribution in [-0.2, 0) is 23.9 Å². The number of rotatable bonds is 20. The van der Waals surface area contributed by atoms with Crippen LogP contribution < -0.4 is 26.6 Å². The molecular weight excluding hydrogens is 709 g/mol. The van der Waals surface area contributed by atoms with Gasteiger partial charge in [-0.25, -0.2) is 4.79 Å². The third kappa shape index (κ3) is 28.3. The lowest BCUT2D eigenvalue weighted by Crippen LogP contribution is -2.57. The Morgan fingerprint density at radius 1 is 0.852 bits per heavy atom. The van der Waals surface area contributed by atoms with E-state index in [2.05, 4.69) is 59.3 Å². The van der Waals surface area contributed by atoms with E-state index >= 15 is 0 Å². The molecule has 0 aromatic rings. The van der Waals surface area contributed by atoms with E-state index in [1.807, 2.05) is 68.4 Å². The van der Waals surface area contributed by atoms with Gasteiger partial charge in [0.1, 0.15) is 23.7 Å². The Morgan fingerprint density at radius 3 is 1.87 bits per heavy atom. The fourth-order valence-electron chi connectivity index (χ4n) is 4.14. The van der Waals surface area contributed by atoms with E-state index in [4.69, 9.17) is 4.74 Å². The average Bonchev–Trinajstić information content (AvgIpc) is 3.11. The van der Waals surface area contributed by atoms with Gasteiger partial charge in [0.2, 0.25) is 23.6 Å². The van der Waals surface area contributed by atoms with Crippen molar-refractivity contribution in [2.75, 3.05) is 26.7 Å². The van der Waals surface area contributed by atoms with Crippen LogP contribution in [0.3, 0.4) is 0 Å². The van der Waals surface area contributed by atoms with Crippen molar-refractivity contribution in [1.82, 2.24) is 26.6 Å². The molecule has 0 rings (SSSR count). The van der Waals surface area contributed by atoms with E-state index in [9.17, 15) is 29.1 Å². The Morgan fingerprint density at radius 2 is 1.43 bits per heavy atom. The Bertz CT molecular complexity index is 1140. The number of hydrogen-bond acceptors (Lipinski definition) is 9. The third-order valence-corrected chi connectivity index (χ3v) is 9.24. The maximum Gasteiger partial charge on any atom is 0.408 e. The molecule has 0 aliphatic rings. The van der Waals surface area contributed by atoms with Gasteiger partial charge in [0, 0.05) is 33.0 Å². The maximum atomic E-state index is 13.4. The number of allylic oxidation sites excluding steroid dienone is 1. The van der Waals surface area contributed by atoms with Crippen molar-refractivity contribution in [3.05, 3.63) is 11.5 Å². The van der Waals surface area contributed by atoms with Gasteiger partial charge in [-0.3, -0.25) is 24.2 Å². The standard InChI is InChI=1S/C32H58N6O7S.C6H14.C2H6/c1-11-13-46-27(33-10)18-45-32(44)37-25(17-34-23(9)39)30(42)36-24(14-21(7)12-2)26(40)15-22(8)29(41)38-28(20(5)6)31(43)35-16-19(3)4;1-5-6(2,3)4;1-2/h11,13,19-22,24-26,28,40H,12,14-18H2,1-10H3,(H,34,39)(H,35,43)(H,36,42)(H,37,44)(H,38,41);5H2,1-4H3;1-2H3/b13-11+,33-27?;;/t21?,22?,24-,25?,26?,28-;;/m0../s1. The Hall–Kier alpha value is -3.13. The molecule has 0 fully saturated rings. The molecule has 14 heteroatoms. The zero-order valence-electron chi connectivity index (χ0n) is 36.5. The number of nitrogens with one attached hydrogen (secondary N) is 5. The number of aliphatic hydroxyl groups excluding tert-OH is 1. The van der Waals surface area contributed by atoms with Crippen LogP contribution in [0.5, 0.6) is 0 Å². The predicted molar refractivity (Wildman–Crippen MR) is 224 cm³/mol. The number of hydrogen-bond donors (Lipinski definition) is 6. The van der Waals surface area contributed by atoms with Gasteiger partial charge in [0.25, 0.3) is 0 Å². The van der Waals surface area contributed by atoms with Gasteiger partial charge in [-0.1, -0.05) is 121 Å². The third-order valence-electron chi connectivity index (χ3n) is 8.26. The van der Waals surface area contributed by atoms with Gasteiger partial charge in [-0.15, -0.1) is 0 Å². The highest BCUT2D eigenvalue weighted by atomic mass is 32.2. The summed E-state index contributed by atoms with van der Waals surface area (Å²) in [6, 6.07) is -2.70. The average molecular weight is 787 g/mol. The fourth-order valence-corrected chi connectivity index (χ4v) is 4.66. The van der Waals surface area contributed by atoms with Crippen LogP contribution in [-0.4, -0.2) is 90.8 Å². The summed E-state index contributed by atoms with van der Waals surface area (Å²) in [5.41, 5.74) is 0.542. The van der Waals surface area contributed by atoms with E-state index < -0.39 is 48.1 Å². The van der Waals surface area contributed by atoms with E-state index in [1.54, 1.807) is 19.4 Å². The summed E-state index contributed by atoms with van der Waals surface area (Å²) in [6.07, 6.45) is 2.29. The highest BCUT2D eigenvalue weighted by Crippen LogP contribution is 2.19. The van der Waals surface area contributed by atoms with Crippen molar-refractivity contribution < 1.29 is 33.8 Å². The lowest BCUT2D eigenvalue weighted by molar-refractivity contribution is -0.132. The molecule has 0 radical (unpaired) electrons. The normalized spacial score (nSPS) is 14.9. The lowest BCUT2D eigenvalue weighted by Gasteiger charge is -2.30. The number of aliphatic hydroxyl groups is 1. The number of carbonyl (C=O) groups is 5. The molecule has 0 bridgehead atoms. The van der Waals surface area contributed by atoms with Crippen LogP contribution >= 0.6 is 11.8 Å². The summed E-state index contributed by atoms with van der Waals surface area (Å²) in [5, 5.41) is 27.1. The Labute approximate surface area is 332 Å². The Balaban J connectivity index is -0.00000293. The molecule has 0 aliphatic carbocycles. The summed E-state index contributed by atoms with van der Waals surface area (Å²) in [5.74, 6) is -2.14. The predicted octanol–water partition coefficient (Wildman–Crippen LogP) is 6.20. The summed E-state index contributed by atoms with van der Waals surface area (Å²) in [4.78, 5) is 67.5. The van der Waals surface area contributed by atoms with Crippen LogP contribution in [0.2, 0.25) is 0 Å². The summed E-state index contributed by atoms with van der Waals surface area (Å²) < 4.78 is 5.23. The molecule has 54 heavy (non-hydrogen) atoms. The minimum atomic E-state index is -1.20. The number of aliphatic imine (C=N–C) groups is 1. The van der Waals surface area contributed by atoms with Crippen LogP contribution in [0.4, 0.5) is 4.79 Å². The molecule has 0 heterocycles. The lowest BCUT2D eigenvalue weighted by atomic mass is 9.90. The van der Waals surface area contributed by atoms with Crippen molar-refractivity contribution in [2.45, 2.75) is 154 Å². The molecule has 0 aromatic heterocycles. The number of ether oxygens (including phenoxy) is 1. The van der Waals surface area contributed by atoms with Gasteiger partial charge in [-0.2, -0.15) is 0 Å². The van der Waals surface area contributed by atoms with Crippen molar-refractivity contribution in [1.29, 1.82) is 0 Å². The van der Waals surface area contributed by atoms with Gasteiger partial charge in [-0.05, 0) is 48.3 Å². The van der Waals surface area contributed by atoms with Gasteiger partial charge in [0.15, 0.2) is 0 Å². The molecule has 0 aromatic carbocycles. The van der Waals surface area contributed by atoms with Gasteiger partial charge >= 0.3 is 6.09 Å². The first-order valence-electron chi connectivity index (χ1n) is 19.6. The minimum absolute atomic E-state index is 0.0144. The number of amides is 5. The fraction of sp³-hybridized carbons (Fsp3) is 0.800. The van der Waals surface area contributed by atoms with E-state index in [-0.39, 0.29) is 49.1 Å². The zero-order valence-corrected chi connectivity index (χ0v) is 37.3.